The Bertz CT molecular complexity index is 7670. The van der Waals surface area contributed by atoms with Crippen LogP contribution in [0.5, 0.6) is 0 Å². The number of nitrogens with zero attached hydrogens (tertiary/aromatic N) is 10. The fourth-order valence-electron chi connectivity index (χ4n) is 19.1. The number of aromatic amines is 5. The molecule has 0 radical (unpaired) electrons. The zero-order valence-corrected chi connectivity index (χ0v) is 83.3. The molecular weight excluding hydrogens is 1910 g/mol. The lowest BCUT2D eigenvalue weighted by Crippen LogP contribution is -2.38. The highest BCUT2D eigenvalue weighted by molar-refractivity contribution is 7.10. The quantitative estimate of drug-likeness (QED) is 0.0194. The number of imide groups is 2. The number of carbonyl (C=O) groups excluding carboxylic acids is 6. The van der Waals surface area contributed by atoms with Crippen LogP contribution in [0.15, 0.2) is 210 Å². The number of aliphatic imine (C=N–C) groups is 3. The number of nitrogens with one attached hydrogen (secondary N) is 10. The Morgan fingerprint density at radius 3 is 1.54 bits per heavy atom. The van der Waals surface area contributed by atoms with Crippen molar-refractivity contribution in [1.82, 2.24) is 64.6 Å². The van der Waals surface area contributed by atoms with E-state index < -0.39 is 24.0 Å². The van der Waals surface area contributed by atoms with Crippen LogP contribution in [0.2, 0.25) is 15.1 Å². The Morgan fingerprint density at radius 2 is 0.986 bits per heavy atom. The van der Waals surface area contributed by atoms with Crippen LogP contribution in [-0.4, -0.2) is 227 Å². The first kappa shape index (κ1) is 99.7. The number of fused-ring (bicyclic) bond motifs is 8. The molecule has 21 rings (SSSR count). The molecule has 37 heteroatoms. The number of anilines is 4. The van der Waals surface area contributed by atoms with Crippen molar-refractivity contribution in [3.05, 3.63) is 343 Å². The zero-order valence-electron chi connectivity index (χ0n) is 80.2. The number of aryl methyl sites for hydroxylation is 1. The second kappa shape index (κ2) is 42.6. The second-order valence-corrected chi connectivity index (χ2v) is 40.0. The van der Waals surface area contributed by atoms with Gasteiger partial charge in [0, 0.05) is 154 Å². The van der Waals surface area contributed by atoms with Gasteiger partial charge in [-0.25, -0.2) is 9.37 Å². The summed E-state index contributed by atoms with van der Waals surface area (Å²) in [5.41, 5.74) is 18.5. The van der Waals surface area contributed by atoms with Crippen molar-refractivity contribution >= 4 is 150 Å². The predicted octanol–water partition coefficient (Wildman–Crippen LogP) is 14.9. The van der Waals surface area contributed by atoms with Gasteiger partial charge in [0.15, 0.2) is 0 Å². The molecule has 740 valence electrons. The van der Waals surface area contributed by atoms with Gasteiger partial charge in [0.1, 0.15) is 17.2 Å². The molecule has 1 fully saturated rings. The number of likely N-dealkylation sites (tertiary alicyclic amines) is 1. The molecule has 32 nitrogen and oxygen atoms in total. The van der Waals surface area contributed by atoms with E-state index in [1.807, 2.05) is 93.6 Å². The summed E-state index contributed by atoms with van der Waals surface area (Å²) in [6.45, 7) is 14.8. The van der Waals surface area contributed by atoms with Gasteiger partial charge in [-0.05, 0) is 259 Å². The Hall–Kier alpha value is -14.5. The van der Waals surface area contributed by atoms with Gasteiger partial charge in [0.05, 0.1) is 124 Å². The largest absolute Gasteiger partial charge is 0.387 e. The van der Waals surface area contributed by atoms with E-state index in [9.17, 15) is 62.5 Å². The molecule has 0 saturated carbocycles. The number of thiophene rings is 1. The number of H-pyrrole nitrogens is 5. The molecule has 14 heterocycles. The molecular formula is C107H106Cl3FN20O12S. The number of hydrogen-bond acceptors (Lipinski definition) is 24. The summed E-state index contributed by atoms with van der Waals surface area (Å²) in [5, 5.41) is 40.4. The van der Waals surface area contributed by atoms with E-state index in [1.54, 1.807) is 127 Å². The summed E-state index contributed by atoms with van der Waals surface area (Å²) < 4.78 is 13.8. The molecule has 0 bridgehead atoms. The van der Waals surface area contributed by atoms with Crippen LogP contribution >= 0.6 is 46.1 Å². The van der Waals surface area contributed by atoms with Crippen molar-refractivity contribution < 1.29 is 43.4 Å². The van der Waals surface area contributed by atoms with Gasteiger partial charge in [-0.15, -0.1) is 11.3 Å². The number of imidazole rings is 1. The lowest BCUT2D eigenvalue weighted by atomic mass is 10.00. The summed E-state index contributed by atoms with van der Waals surface area (Å²) in [7, 11) is 8.02. The van der Waals surface area contributed by atoms with Gasteiger partial charge in [0.2, 0.25) is 0 Å². The van der Waals surface area contributed by atoms with Crippen LogP contribution in [0.1, 0.15) is 180 Å². The Kier molecular flexibility index (Phi) is 29.5. The van der Waals surface area contributed by atoms with E-state index in [0.29, 0.717) is 188 Å². The summed E-state index contributed by atoms with van der Waals surface area (Å²) in [4.78, 5) is 173. The predicted molar refractivity (Wildman–Crippen MR) is 560 cm³/mol. The Morgan fingerprint density at radius 1 is 0.500 bits per heavy atom. The fraction of sp³-hybridized carbons (Fsp3) is 0.290. The van der Waals surface area contributed by atoms with E-state index in [4.69, 9.17) is 44.8 Å². The molecule has 5 atom stereocenters. The number of pyridine rings is 4. The van der Waals surface area contributed by atoms with E-state index in [2.05, 4.69) is 90.0 Å². The molecule has 8 aliphatic rings. The monoisotopic (exact) mass is 2020 g/mol. The number of aliphatic hydroxyl groups excluding tert-OH is 2. The average Bonchev–Trinajstić information content (AvgIpc) is 1.61. The normalized spacial score (nSPS) is 15.7. The lowest BCUT2D eigenvalue weighted by molar-refractivity contribution is 0.0638. The molecule has 12 N–H and O–H groups in total. The van der Waals surface area contributed by atoms with Crippen LogP contribution in [0, 0.1) is 12.7 Å². The minimum absolute atomic E-state index is 0.00433. The minimum atomic E-state index is -0.841. The first-order chi connectivity index (χ1) is 69.2. The maximum absolute atomic E-state index is 13.8. The third-order valence-corrected chi connectivity index (χ3v) is 28.8. The highest BCUT2D eigenvalue weighted by Crippen LogP contribution is 2.42. The van der Waals surface area contributed by atoms with Crippen LogP contribution in [0.4, 0.5) is 44.2 Å². The van der Waals surface area contributed by atoms with Crippen molar-refractivity contribution in [3.63, 3.8) is 0 Å². The molecule has 0 aliphatic carbocycles. The number of rotatable bonds is 29. The van der Waals surface area contributed by atoms with Gasteiger partial charge in [-0.1, -0.05) is 65.1 Å². The number of hydrogen-bond donors (Lipinski definition) is 12. The van der Waals surface area contributed by atoms with Gasteiger partial charge >= 0.3 is 0 Å². The van der Waals surface area contributed by atoms with Gasteiger partial charge in [-0.3, -0.25) is 73.1 Å². The zero-order chi connectivity index (χ0) is 101. The highest BCUT2D eigenvalue weighted by atomic mass is 35.5. The fourth-order valence-corrected chi connectivity index (χ4v) is 20.7. The molecule has 13 aromatic rings. The van der Waals surface area contributed by atoms with Crippen LogP contribution in [-0.2, 0) is 45.2 Å². The van der Waals surface area contributed by atoms with Gasteiger partial charge < -0.3 is 80.9 Å². The highest BCUT2D eigenvalue weighted by Gasteiger charge is 2.40. The Balaban J connectivity index is 0.000000127. The van der Waals surface area contributed by atoms with E-state index in [0.717, 1.165) is 110 Å². The SMILES string of the molecule is C[C@H](CN1Cc2cc3c(cc2C1=O)CC(c1c(N[C@@H](C)Cc2sccc2Cl)cc[nH]c1=O)=N3)N(C)C.Cc1ccc(F)cc1C[C@H](C)Nc1cc[nH]c(=O)c1-c1nc2cc3c(cc2[nH]1)CN(CCN(C)C)C3=O.O=C1NC(=O)c2cc3c(cc21)CC(c1c(NC[C@@H](O)c2cccc(Cl)c2)cc[nH]c1=O)=N3.O=C1c2cc3c(cc2C(=O)N1CCN1CCCC1)N=C(c1c(NC[C@@H](O)c2cccc(Cl)c2)cc[nH]c1=O)C3. The molecule has 6 aromatic heterocycles. The Labute approximate surface area is 846 Å². The maximum Gasteiger partial charge on any atom is 0.261 e. The third-order valence-electron chi connectivity index (χ3n) is 26.9. The third kappa shape index (κ3) is 21.6. The van der Waals surface area contributed by atoms with Crippen molar-refractivity contribution in [1.29, 1.82) is 0 Å². The molecule has 0 spiro atoms. The van der Waals surface area contributed by atoms with Crippen molar-refractivity contribution in [2.45, 2.75) is 116 Å². The summed E-state index contributed by atoms with van der Waals surface area (Å²) >= 11 is 20.0. The number of aromatic nitrogens is 6. The van der Waals surface area contributed by atoms with Gasteiger partial charge in [-0.2, -0.15) is 0 Å². The minimum Gasteiger partial charge on any atom is -0.387 e. The van der Waals surface area contributed by atoms with Crippen molar-refractivity contribution in [2.24, 2.45) is 15.0 Å². The first-order valence-electron chi connectivity index (χ1n) is 47.5. The summed E-state index contributed by atoms with van der Waals surface area (Å²) in [6.07, 6.45) is 9.45. The second-order valence-electron chi connectivity index (χ2n) is 37.7. The molecule has 0 unspecified atom stereocenters. The van der Waals surface area contributed by atoms with Crippen molar-refractivity contribution in [3.8, 4) is 11.4 Å². The average molecular weight is 2020 g/mol. The topological polar surface area (TPSA) is 420 Å². The molecule has 8 aliphatic heterocycles. The lowest BCUT2D eigenvalue weighted by Gasteiger charge is -2.25. The maximum atomic E-state index is 13.8. The number of aliphatic hydroxyl groups is 2. The number of halogens is 4. The standard InChI is InChI=1S/C29H28ClN5O4.C28H31FN6O2.C27H30ClN5O2S.C23H17ClN4O4/c30-19-5-3-4-17(12-19)25(36)16-32-22-6-7-31-27(37)26(22)24-14-18-13-20-21(15-23(18)33-24)29(39)35(28(20)38)11-10-34-8-1-2-9-34;1-16-5-6-20(29)12-18(16)11-17(2)31-22-7-8-30-27(36)25(22)26-32-23-13-19-15-35(10-9-34(3)4)28(37)21(19)14-24(23)33-26;1-15(9-24-20(28)6-8-36-24)30-21-5-7-29-26(34)25(21)23-11-17-10-19-18(12-22(17)31-23)14-33(27(19)35)13-16(2)32(3)4;24-13-3-1-2-11(6-13)19(29)10-26-16-4-5-25-23(32)20(16)18-8-12-7-14-15(9-17(12)27-18)22(31)28-21(14)30/h3-7,12-13,15,25,36H,1-2,8-11,14,16H2,(H2,31,32,37);5-8,12-14,17H,9-11,15H2,1-4H3,(H,32,33)(H2,30,31,36);5-8,10,12,15-16H,9,11,13-14H2,1-4H3,(H2,29,30,34);1-7,9,19,29H,8,10H2,(H2,25,26,32)(H,28,30,31)/t25-;17-;15-,16+;19-/m1001/s1. The molecule has 144 heavy (non-hydrogen) atoms. The van der Waals surface area contributed by atoms with E-state index in [1.165, 1.54) is 23.4 Å². The number of amides is 6. The summed E-state index contributed by atoms with van der Waals surface area (Å²) in [6, 6.07) is 42.3. The summed E-state index contributed by atoms with van der Waals surface area (Å²) in [5.74, 6) is -1.23. The smallest absolute Gasteiger partial charge is 0.261 e. The van der Waals surface area contributed by atoms with E-state index in [-0.39, 0.29) is 88.5 Å². The molecule has 6 amide bonds. The van der Waals surface area contributed by atoms with Crippen LogP contribution in [0.3, 0.4) is 0 Å². The van der Waals surface area contributed by atoms with Crippen LogP contribution < -0.4 is 48.8 Å². The van der Waals surface area contributed by atoms with Gasteiger partial charge in [0.25, 0.3) is 57.7 Å². The number of benzene rings is 7. The van der Waals surface area contributed by atoms with E-state index >= 15 is 0 Å². The van der Waals surface area contributed by atoms with Crippen molar-refractivity contribution in [2.75, 3.05) is 108 Å². The number of likely N-dealkylation sites (N-methyl/N-ethyl adjacent to an activating group) is 2. The number of carbonyl (C=O) groups is 6. The first-order valence-corrected chi connectivity index (χ1v) is 49.5. The van der Waals surface area contributed by atoms with Crippen LogP contribution in [0.25, 0.3) is 22.4 Å². The molecule has 7 aromatic carbocycles. The molecule has 1 saturated heterocycles.